The lowest BCUT2D eigenvalue weighted by Gasteiger charge is -2.16. The van der Waals surface area contributed by atoms with Crippen LogP contribution in [0.4, 0.5) is 0 Å². The lowest BCUT2D eigenvalue weighted by atomic mass is 9.87. The molecular weight excluding hydrogens is 224 g/mol. The molecule has 0 aliphatic carbocycles. The van der Waals surface area contributed by atoms with Crippen LogP contribution in [0.1, 0.15) is 15.7 Å². The van der Waals surface area contributed by atoms with Crippen LogP contribution in [-0.4, -0.2) is 44.3 Å². The quantitative estimate of drug-likeness (QED) is 0.477. The Morgan fingerprint density at radius 3 is 1.12 bits per heavy atom. The predicted octanol–water partition coefficient (Wildman–Crippen LogP) is -0.171. The first-order chi connectivity index (χ1) is 7.25. The van der Waals surface area contributed by atoms with E-state index in [2.05, 4.69) is 0 Å². The van der Waals surface area contributed by atoms with Gasteiger partial charge in [0.25, 0.3) is 0 Å². The van der Waals surface area contributed by atoms with Gasteiger partial charge in [-0.15, -0.1) is 0 Å². The summed E-state index contributed by atoms with van der Waals surface area (Å²) < 4.78 is 0. The molecule has 8 heteroatoms. The van der Waals surface area contributed by atoms with Crippen molar-refractivity contribution in [1.29, 1.82) is 0 Å². The van der Waals surface area contributed by atoms with E-state index in [1.54, 1.807) is 0 Å². The molecule has 0 aromatic carbocycles. The second-order valence-electron chi connectivity index (χ2n) is 3.09. The molecule has 8 nitrogen and oxygen atoms in total. The number of hydrogen-bond acceptors (Lipinski definition) is 4. The fraction of sp³-hybridized carbons (Fsp3) is 0.500. The number of rotatable bonds is 7. The third-order valence-electron chi connectivity index (χ3n) is 1.91. The van der Waals surface area contributed by atoms with E-state index in [4.69, 9.17) is 20.4 Å². The molecule has 0 rings (SSSR count). The van der Waals surface area contributed by atoms with Crippen molar-refractivity contribution in [3.8, 4) is 0 Å². The smallest absolute Gasteiger partial charge is 0.307 e. The summed E-state index contributed by atoms with van der Waals surface area (Å²) in [6.45, 7) is 0. The number of carboxylic acids is 4. The zero-order chi connectivity index (χ0) is 12.9. The van der Waals surface area contributed by atoms with E-state index in [9.17, 15) is 19.2 Å². The minimum Gasteiger partial charge on any atom is -0.481 e. The molecule has 0 bridgehead atoms. The van der Waals surface area contributed by atoms with Crippen LogP contribution in [0.3, 0.4) is 0 Å². The number of carboxylic acid groups (broad SMARTS) is 4. The summed E-state index contributed by atoms with van der Waals surface area (Å²) in [4.78, 5) is 41.9. The molecule has 0 aliphatic rings. The highest BCUT2D eigenvalue weighted by Crippen LogP contribution is 2.20. The largest absolute Gasteiger partial charge is 0.481 e. The molecule has 4 N–H and O–H groups in total. The molecule has 2 unspecified atom stereocenters. The normalized spacial score (nSPS) is 13.8. The number of aliphatic carboxylic acids is 4. The molecule has 16 heavy (non-hydrogen) atoms. The summed E-state index contributed by atoms with van der Waals surface area (Å²) in [6, 6.07) is 0. The first kappa shape index (κ1) is 13.9. The molecule has 0 aromatic heterocycles. The Balaban J connectivity index is -0.00000112. The Labute approximate surface area is 92.1 Å². The van der Waals surface area contributed by atoms with Crippen molar-refractivity contribution in [3.05, 3.63) is 0 Å². The Kier molecular flexibility index (Phi) is 4.93. The maximum absolute atomic E-state index is 10.6. The highest BCUT2D eigenvalue weighted by atomic mass is 16.4. The maximum atomic E-state index is 10.6. The Bertz CT molecular complexity index is 297. The van der Waals surface area contributed by atoms with Crippen molar-refractivity contribution < 1.29 is 42.5 Å². The van der Waals surface area contributed by atoms with Crippen molar-refractivity contribution in [2.75, 3.05) is 0 Å². The number of carbonyl (C=O) groups is 4. The summed E-state index contributed by atoms with van der Waals surface area (Å²) >= 11 is 0. The van der Waals surface area contributed by atoms with Crippen molar-refractivity contribution in [1.82, 2.24) is 0 Å². The van der Waals surface area contributed by atoms with Crippen LogP contribution in [0.15, 0.2) is 0 Å². The van der Waals surface area contributed by atoms with Crippen molar-refractivity contribution in [2.45, 2.75) is 12.8 Å². The van der Waals surface area contributed by atoms with E-state index < -0.39 is 48.6 Å². The van der Waals surface area contributed by atoms with Gasteiger partial charge < -0.3 is 20.4 Å². The zero-order valence-electron chi connectivity index (χ0n) is 7.99. The molecule has 0 fully saturated rings. The second kappa shape index (κ2) is 5.69. The molecular formula is C8H14O8. The van der Waals surface area contributed by atoms with Gasteiger partial charge in [0.15, 0.2) is 0 Å². The molecule has 94 valence electrons. The third-order valence-corrected chi connectivity index (χ3v) is 1.91. The van der Waals surface area contributed by atoms with Crippen LogP contribution in [0.2, 0.25) is 0 Å². The van der Waals surface area contributed by atoms with E-state index in [-0.39, 0.29) is 2.85 Å². The monoisotopic (exact) mass is 238 g/mol. The molecule has 0 amide bonds. The first-order valence-electron chi connectivity index (χ1n) is 4.15. The average molecular weight is 238 g/mol. The average Bonchev–Trinajstić information content (AvgIpc) is 2.09. The fourth-order valence-electron chi connectivity index (χ4n) is 1.18. The minimum absolute atomic E-state index is 0. The molecule has 2 atom stereocenters. The zero-order valence-corrected chi connectivity index (χ0v) is 7.99. The highest BCUT2D eigenvalue weighted by Gasteiger charge is 2.36. The summed E-state index contributed by atoms with van der Waals surface area (Å²) in [5.41, 5.74) is 0. The topological polar surface area (TPSA) is 149 Å². The van der Waals surface area contributed by atoms with E-state index in [0.29, 0.717) is 0 Å². The minimum atomic E-state index is -1.76. The Morgan fingerprint density at radius 2 is 1.00 bits per heavy atom. The van der Waals surface area contributed by atoms with Crippen molar-refractivity contribution in [2.24, 2.45) is 11.8 Å². The van der Waals surface area contributed by atoms with Gasteiger partial charge in [0.05, 0.1) is 24.7 Å². The van der Waals surface area contributed by atoms with Crippen LogP contribution in [0, 0.1) is 11.8 Å². The van der Waals surface area contributed by atoms with Gasteiger partial charge in [-0.2, -0.15) is 0 Å². The molecule has 0 heterocycles. The summed E-state index contributed by atoms with van der Waals surface area (Å²) in [5.74, 6) is -9.79. The standard InChI is InChI=1S/C8H10O8.2H2/c9-5(10)1-3(7(13)14)4(8(15)16)2-6(11)12;;/h3-4H,1-2H2,(H,9,10)(H,11,12)(H,13,14)(H,15,16);2*1H. The third kappa shape index (κ3) is 4.40. The second-order valence-corrected chi connectivity index (χ2v) is 3.09. The highest BCUT2D eigenvalue weighted by molar-refractivity contribution is 5.86. The number of hydrogen-bond donors (Lipinski definition) is 4. The predicted molar refractivity (Wildman–Crippen MR) is 51.0 cm³/mol. The van der Waals surface area contributed by atoms with Gasteiger partial charge in [0.1, 0.15) is 0 Å². The van der Waals surface area contributed by atoms with E-state index in [1.165, 1.54) is 0 Å². The summed E-state index contributed by atoms with van der Waals surface area (Å²) in [7, 11) is 0. The van der Waals surface area contributed by atoms with Gasteiger partial charge in [-0.1, -0.05) is 0 Å². The van der Waals surface area contributed by atoms with Gasteiger partial charge >= 0.3 is 23.9 Å². The Hall–Kier alpha value is -2.12. The van der Waals surface area contributed by atoms with Crippen LogP contribution in [0.25, 0.3) is 0 Å². The van der Waals surface area contributed by atoms with Gasteiger partial charge in [0, 0.05) is 2.85 Å². The van der Waals surface area contributed by atoms with Crippen LogP contribution in [-0.2, 0) is 19.2 Å². The van der Waals surface area contributed by atoms with Crippen LogP contribution in [0.5, 0.6) is 0 Å². The van der Waals surface area contributed by atoms with Gasteiger partial charge in [0.2, 0.25) is 0 Å². The van der Waals surface area contributed by atoms with Crippen LogP contribution < -0.4 is 0 Å². The van der Waals surface area contributed by atoms with Gasteiger partial charge in [-0.05, 0) is 0 Å². The summed E-state index contributed by atoms with van der Waals surface area (Å²) in [5, 5.41) is 34.1. The molecule has 0 aromatic rings. The fourth-order valence-corrected chi connectivity index (χ4v) is 1.18. The molecule has 0 saturated carbocycles. The Morgan fingerprint density at radius 1 is 0.750 bits per heavy atom. The summed E-state index contributed by atoms with van der Waals surface area (Å²) in [6.07, 6.45) is -1.86. The lowest BCUT2D eigenvalue weighted by molar-refractivity contribution is -0.160. The molecule has 0 aliphatic heterocycles. The molecule has 0 radical (unpaired) electrons. The molecule has 0 spiro atoms. The van der Waals surface area contributed by atoms with E-state index in [1.807, 2.05) is 0 Å². The van der Waals surface area contributed by atoms with Gasteiger partial charge in [-0.3, -0.25) is 19.2 Å². The van der Waals surface area contributed by atoms with E-state index >= 15 is 0 Å². The van der Waals surface area contributed by atoms with Crippen LogP contribution >= 0.6 is 0 Å². The first-order valence-corrected chi connectivity index (χ1v) is 4.15. The van der Waals surface area contributed by atoms with Crippen molar-refractivity contribution in [3.63, 3.8) is 0 Å². The lowest BCUT2D eigenvalue weighted by Crippen LogP contribution is -2.33. The van der Waals surface area contributed by atoms with Crippen molar-refractivity contribution >= 4 is 23.9 Å². The molecule has 0 saturated heterocycles. The van der Waals surface area contributed by atoms with Gasteiger partial charge in [-0.25, -0.2) is 0 Å². The maximum Gasteiger partial charge on any atom is 0.307 e. The van der Waals surface area contributed by atoms with E-state index in [0.717, 1.165) is 0 Å². The SMILES string of the molecule is O=C(O)CC(C(=O)O)C(CC(=O)O)C(=O)O.[HH].[HH].